The van der Waals surface area contributed by atoms with Gasteiger partial charge in [0.1, 0.15) is 18.4 Å². The lowest BCUT2D eigenvalue weighted by molar-refractivity contribution is -0.117. The summed E-state index contributed by atoms with van der Waals surface area (Å²) in [4.78, 5) is 14.7. The Morgan fingerprint density at radius 3 is 2.96 bits per heavy atom. The average molecular weight is 346 g/mol. The molecule has 1 aliphatic rings. The van der Waals surface area contributed by atoms with E-state index in [0.717, 1.165) is 22.7 Å². The van der Waals surface area contributed by atoms with E-state index in [0.29, 0.717) is 23.9 Å². The van der Waals surface area contributed by atoms with E-state index in [1.165, 1.54) is 0 Å². The van der Waals surface area contributed by atoms with Crippen molar-refractivity contribution >= 4 is 34.6 Å². The highest BCUT2D eigenvalue weighted by Crippen LogP contribution is 2.34. The van der Waals surface area contributed by atoms with Crippen LogP contribution in [0.4, 0.5) is 17.1 Å². The zero-order valence-corrected chi connectivity index (χ0v) is 14.4. The van der Waals surface area contributed by atoms with Crippen molar-refractivity contribution in [2.24, 2.45) is 0 Å². The Hall–Kier alpha value is -2.40. The van der Waals surface area contributed by atoms with Crippen LogP contribution in [0.25, 0.3) is 0 Å². The van der Waals surface area contributed by atoms with Crippen molar-refractivity contribution in [3.05, 3.63) is 47.0 Å². The average Bonchev–Trinajstić information content (AvgIpc) is 2.57. The number of hydrogen-bond acceptors (Lipinski definition) is 4. The van der Waals surface area contributed by atoms with Crippen LogP contribution in [0.1, 0.15) is 12.5 Å². The molecule has 6 heteroatoms. The monoisotopic (exact) mass is 345 g/mol. The van der Waals surface area contributed by atoms with Crippen molar-refractivity contribution in [2.45, 2.75) is 19.9 Å². The highest BCUT2D eigenvalue weighted by atomic mass is 35.5. The molecule has 1 atom stereocenters. The number of nitrogens with one attached hydrogen (secondary N) is 1. The van der Waals surface area contributed by atoms with Crippen molar-refractivity contribution in [2.75, 3.05) is 29.1 Å². The third-order valence-corrected chi connectivity index (χ3v) is 4.66. The second-order valence-corrected chi connectivity index (χ2v) is 6.25. The highest BCUT2D eigenvalue weighted by molar-refractivity contribution is 6.31. The maximum absolute atomic E-state index is 12.7. The van der Waals surface area contributed by atoms with Crippen molar-refractivity contribution in [3.63, 3.8) is 0 Å². The molecule has 1 amide bonds. The Labute approximate surface area is 146 Å². The molecule has 126 valence electrons. The number of carbonyl (C=O) groups is 1. The van der Waals surface area contributed by atoms with Gasteiger partial charge in [-0.1, -0.05) is 17.7 Å². The van der Waals surface area contributed by atoms with Gasteiger partial charge in [-0.15, -0.1) is 0 Å². The molecule has 0 fully saturated rings. The second-order valence-electron chi connectivity index (χ2n) is 5.85. The third-order valence-electron chi connectivity index (χ3n) is 4.25. The molecule has 1 unspecified atom stereocenters. The van der Waals surface area contributed by atoms with E-state index >= 15 is 0 Å². The number of hydrogen-bond donors (Lipinski definition) is 2. The number of halogens is 1. The van der Waals surface area contributed by atoms with Crippen LogP contribution in [0.15, 0.2) is 36.4 Å². The first kappa shape index (κ1) is 16.5. The lowest BCUT2D eigenvalue weighted by Gasteiger charge is -2.35. The molecule has 1 aliphatic heterocycles. The van der Waals surface area contributed by atoms with Gasteiger partial charge in [0, 0.05) is 16.4 Å². The highest BCUT2D eigenvalue weighted by Gasteiger charge is 2.27. The van der Waals surface area contributed by atoms with E-state index in [1.807, 2.05) is 43.0 Å². The van der Waals surface area contributed by atoms with E-state index in [9.17, 15) is 4.79 Å². The van der Waals surface area contributed by atoms with Crippen LogP contribution in [0.5, 0.6) is 5.75 Å². The summed E-state index contributed by atoms with van der Waals surface area (Å²) in [5.74, 6) is 0.643. The number of ether oxygens (including phenoxy) is 1. The predicted octanol–water partition coefficient (Wildman–Crippen LogP) is 3.46. The Morgan fingerprint density at radius 1 is 1.38 bits per heavy atom. The van der Waals surface area contributed by atoms with Crippen LogP contribution < -0.4 is 20.7 Å². The molecule has 0 saturated carbocycles. The molecule has 0 spiro atoms. The van der Waals surface area contributed by atoms with Crippen LogP contribution in [0, 0.1) is 6.92 Å². The van der Waals surface area contributed by atoms with E-state index in [2.05, 4.69) is 5.32 Å². The Morgan fingerprint density at radius 2 is 2.17 bits per heavy atom. The lowest BCUT2D eigenvalue weighted by Crippen LogP contribution is -2.46. The first-order chi connectivity index (χ1) is 11.5. The van der Waals surface area contributed by atoms with Gasteiger partial charge in [0.2, 0.25) is 5.91 Å². The fraction of sp³-hybridized carbons (Fsp3) is 0.278. The number of benzene rings is 2. The third kappa shape index (κ3) is 3.12. The molecule has 3 N–H and O–H groups in total. The molecular weight excluding hydrogens is 326 g/mol. The summed E-state index contributed by atoms with van der Waals surface area (Å²) in [6.07, 6.45) is 0. The SMILES string of the molecule is Cc1c(Cl)cccc1NC(=O)C(C)N1CCOc2ccc(N)cc21. The molecule has 0 saturated heterocycles. The molecule has 1 heterocycles. The number of nitrogens with zero attached hydrogens (tertiary/aromatic N) is 1. The minimum atomic E-state index is -0.368. The van der Waals surface area contributed by atoms with Crippen molar-refractivity contribution in [3.8, 4) is 5.75 Å². The summed E-state index contributed by atoms with van der Waals surface area (Å²) in [7, 11) is 0. The van der Waals surface area contributed by atoms with Crippen LogP contribution in [0.3, 0.4) is 0 Å². The van der Waals surface area contributed by atoms with Gasteiger partial charge in [-0.05, 0) is 49.7 Å². The summed E-state index contributed by atoms with van der Waals surface area (Å²) in [5.41, 5.74) is 8.94. The van der Waals surface area contributed by atoms with Gasteiger partial charge >= 0.3 is 0 Å². The molecule has 0 radical (unpaired) electrons. The molecule has 5 nitrogen and oxygen atoms in total. The molecular formula is C18H20ClN3O2. The summed E-state index contributed by atoms with van der Waals surface area (Å²) >= 11 is 6.12. The molecule has 0 aromatic heterocycles. The summed E-state index contributed by atoms with van der Waals surface area (Å²) in [5, 5.41) is 3.59. The van der Waals surface area contributed by atoms with E-state index in [1.54, 1.807) is 12.1 Å². The van der Waals surface area contributed by atoms with Gasteiger partial charge in [-0.2, -0.15) is 0 Å². The summed E-state index contributed by atoms with van der Waals surface area (Å²) < 4.78 is 5.65. The Balaban J connectivity index is 1.82. The van der Waals surface area contributed by atoms with Crippen LogP contribution in [0.2, 0.25) is 5.02 Å². The Bertz CT molecular complexity index is 779. The van der Waals surface area contributed by atoms with Crippen molar-refractivity contribution in [1.82, 2.24) is 0 Å². The van der Waals surface area contributed by atoms with Crippen LogP contribution in [-0.4, -0.2) is 25.1 Å². The number of carbonyl (C=O) groups excluding carboxylic acids is 1. The largest absolute Gasteiger partial charge is 0.490 e. The number of nitrogens with two attached hydrogens (primary N) is 1. The number of anilines is 3. The molecule has 0 aliphatic carbocycles. The fourth-order valence-corrected chi connectivity index (χ4v) is 2.95. The second kappa shape index (κ2) is 6.61. The number of fused-ring (bicyclic) bond motifs is 1. The van der Waals surface area contributed by atoms with Gasteiger partial charge in [0.15, 0.2) is 0 Å². The van der Waals surface area contributed by atoms with E-state index in [-0.39, 0.29) is 11.9 Å². The standard InChI is InChI=1S/C18H20ClN3O2/c1-11-14(19)4-3-5-15(11)21-18(23)12(2)22-8-9-24-17-7-6-13(20)10-16(17)22/h3-7,10,12H,8-9,20H2,1-2H3,(H,21,23). The molecule has 2 aromatic carbocycles. The van der Waals surface area contributed by atoms with Crippen LogP contribution in [-0.2, 0) is 4.79 Å². The summed E-state index contributed by atoms with van der Waals surface area (Å²) in [6.45, 7) is 4.91. The molecule has 3 rings (SSSR count). The lowest BCUT2D eigenvalue weighted by atomic mass is 10.1. The van der Waals surface area contributed by atoms with Crippen molar-refractivity contribution < 1.29 is 9.53 Å². The maximum atomic E-state index is 12.7. The predicted molar refractivity (Wildman–Crippen MR) is 98.0 cm³/mol. The van der Waals surface area contributed by atoms with Crippen molar-refractivity contribution in [1.29, 1.82) is 0 Å². The quantitative estimate of drug-likeness (QED) is 0.836. The van der Waals surface area contributed by atoms with E-state index in [4.69, 9.17) is 22.1 Å². The maximum Gasteiger partial charge on any atom is 0.246 e. The molecule has 2 aromatic rings. The first-order valence-electron chi connectivity index (χ1n) is 7.82. The fourth-order valence-electron chi connectivity index (χ4n) is 2.78. The van der Waals surface area contributed by atoms with Gasteiger partial charge in [-0.25, -0.2) is 0 Å². The number of amides is 1. The molecule has 0 bridgehead atoms. The number of nitrogen functional groups attached to an aromatic ring is 1. The first-order valence-corrected chi connectivity index (χ1v) is 8.20. The van der Waals surface area contributed by atoms with Gasteiger partial charge in [0.25, 0.3) is 0 Å². The summed E-state index contributed by atoms with van der Waals surface area (Å²) in [6, 6.07) is 10.6. The normalized spacial score (nSPS) is 14.5. The minimum absolute atomic E-state index is 0.101. The Kier molecular flexibility index (Phi) is 4.53. The van der Waals surface area contributed by atoms with Gasteiger partial charge in [-0.3, -0.25) is 4.79 Å². The smallest absolute Gasteiger partial charge is 0.246 e. The van der Waals surface area contributed by atoms with Gasteiger partial charge < -0.3 is 20.7 Å². The topological polar surface area (TPSA) is 67.6 Å². The number of rotatable bonds is 3. The van der Waals surface area contributed by atoms with E-state index < -0.39 is 0 Å². The van der Waals surface area contributed by atoms with Gasteiger partial charge in [0.05, 0.1) is 12.2 Å². The zero-order chi connectivity index (χ0) is 17.3. The zero-order valence-electron chi connectivity index (χ0n) is 13.7. The minimum Gasteiger partial charge on any atom is -0.490 e. The van der Waals surface area contributed by atoms with Crippen LogP contribution >= 0.6 is 11.6 Å². The molecule has 24 heavy (non-hydrogen) atoms.